The molecule has 0 amide bonds. The van der Waals surface area contributed by atoms with Crippen LogP contribution in [0.3, 0.4) is 0 Å². The summed E-state index contributed by atoms with van der Waals surface area (Å²) in [7, 11) is 0. The normalized spacial score (nSPS) is 12.1. The van der Waals surface area contributed by atoms with Gasteiger partial charge in [0, 0.05) is 24.7 Å². The Morgan fingerprint density at radius 1 is 1.18 bits per heavy atom. The second-order valence-electron chi connectivity index (χ2n) is 5.11. The van der Waals surface area contributed by atoms with Crippen molar-refractivity contribution in [2.24, 2.45) is 4.99 Å². The number of aliphatic imine (C=N–C) groups is 1. The van der Waals surface area contributed by atoms with Crippen LogP contribution in [0.4, 0.5) is 5.95 Å². The Balaban J connectivity index is 1.94. The SMILES string of the molecule is CC(C)=NC(C)C=CCNc1nccc(-c2ccccn2)n1. The Morgan fingerprint density at radius 2 is 2.05 bits per heavy atom. The van der Waals surface area contributed by atoms with Crippen LogP contribution in [-0.2, 0) is 0 Å². The largest absolute Gasteiger partial charge is 0.351 e. The molecule has 1 atom stereocenters. The topological polar surface area (TPSA) is 63.1 Å². The van der Waals surface area contributed by atoms with Crippen LogP contribution in [0.2, 0.25) is 0 Å². The fraction of sp³-hybridized carbons (Fsp3) is 0.294. The lowest BCUT2D eigenvalue weighted by Crippen LogP contribution is -2.05. The van der Waals surface area contributed by atoms with E-state index >= 15 is 0 Å². The van der Waals surface area contributed by atoms with Crippen LogP contribution in [-0.4, -0.2) is 33.3 Å². The van der Waals surface area contributed by atoms with Gasteiger partial charge in [0.25, 0.3) is 0 Å². The van der Waals surface area contributed by atoms with Gasteiger partial charge >= 0.3 is 0 Å². The average molecular weight is 295 g/mol. The molecule has 0 bridgehead atoms. The van der Waals surface area contributed by atoms with Gasteiger partial charge in [0.1, 0.15) is 0 Å². The van der Waals surface area contributed by atoms with Crippen molar-refractivity contribution in [1.82, 2.24) is 15.0 Å². The van der Waals surface area contributed by atoms with E-state index in [1.807, 2.05) is 44.2 Å². The zero-order valence-electron chi connectivity index (χ0n) is 13.2. The second-order valence-corrected chi connectivity index (χ2v) is 5.11. The van der Waals surface area contributed by atoms with E-state index in [1.165, 1.54) is 0 Å². The number of hydrogen-bond donors (Lipinski definition) is 1. The van der Waals surface area contributed by atoms with Crippen molar-refractivity contribution in [1.29, 1.82) is 0 Å². The van der Waals surface area contributed by atoms with Crippen molar-refractivity contribution in [2.75, 3.05) is 11.9 Å². The summed E-state index contributed by atoms with van der Waals surface area (Å²) >= 11 is 0. The molecule has 5 nitrogen and oxygen atoms in total. The number of nitrogens with one attached hydrogen (secondary N) is 1. The highest BCUT2D eigenvalue weighted by atomic mass is 15.1. The molecule has 2 aromatic rings. The highest BCUT2D eigenvalue weighted by molar-refractivity contribution is 5.79. The maximum Gasteiger partial charge on any atom is 0.223 e. The molecule has 5 heteroatoms. The van der Waals surface area contributed by atoms with Gasteiger partial charge in [-0.05, 0) is 39.0 Å². The van der Waals surface area contributed by atoms with Crippen molar-refractivity contribution >= 4 is 11.7 Å². The second kappa shape index (κ2) is 8.02. The molecular weight excluding hydrogens is 274 g/mol. The van der Waals surface area contributed by atoms with E-state index in [2.05, 4.69) is 38.3 Å². The van der Waals surface area contributed by atoms with Gasteiger partial charge in [-0.15, -0.1) is 0 Å². The van der Waals surface area contributed by atoms with E-state index in [-0.39, 0.29) is 6.04 Å². The Labute approximate surface area is 131 Å². The van der Waals surface area contributed by atoms with E-state index in [0.717, 1.165) is 17.1 Å². The molecule has 2 aromatic heterocycles. The van der Waals surface area contributed by atoms with E-state index in [9.17, 15) is 0 Å². The minimum atomic E-state index is 0.188. The molecule has 22 heavy (non-hydrogen) atoms. The third kappa shape index (κ3) is 5.09. The number of rotatable bonds is 6. The highest BCUT2D eigenvalue weighted by Crippen LogP contribution is 2.13. The van der Waals surface area contributed by atoms with Gasteiger partial charge in [0.2, 0.25) is 5.95 Å². The van der Waals surface area contributed by atoms with E-state index in [1.54, 1.807) is 12.4 Å². The number of anilines is 1. The minimum Gasteiger partial charge on any atom is -0.351 e. The van der Waals surface area contributed by atoms with Crippen LogP contribution >= 0.6 is 0 Å². The van der Waals surface area contributed by atoms with Crippen LogP contribution < -0.4 is 5.32 Å². The van der Waals surface area contributed by atoms with E-state index in [4.69, 9.17) is 0 Å². The molecule has 0 radical (unpaired) electrons. The van der Waals surface area contributed by atoms with Crippen molar-refractivity contribution in [3.8, 4) is 11.4 Å². The number of nitrogens with zero attached hydrogens (tertiary/aromatic N) is 4. The molecule has 0 aliphatic carbocycles. The van der Waals surface area contributed by atoms with E-state index < -0.39 is 0 Å². The first kappa shape index (κ1) is 15.8. The van der Waals surface area contributed by atoms with Gasteiger partial charge in [0.15, 0.2) is 0 Å². The van der Waals surface area contributed by atoms with Crippen LogP contribution in [0.1, 0.15) is 20.8 Å². The molecule has 0 aromatic carbocycles. The summed E-state index contributed by atoms with van der Waals surface area (Å²) in [4.78, 5) is 17.4. The number of hydrogen-bond acceptors (Lipinski definition) is 5. The van der Waals surface area contributed by atoms with Gasteiger partial charge in [-0.25, -0.2) is 9.97 Å². The maximum absolute atomic E-state index is 4.46. The van der Waals surface area contributed by atoms with Crippen LogP contribution in [0, 0.1) is 0 Å². The third-order valence-corrected chi connectivity index (χ3v) is 2.84. The monoisotopic (exact) mass is 295 g/mol. The smallest absolute Gasteiger partial charge is 0.223 e. The lowest BCUT2D eigenvalue weighted by Gasteiger charge is -2.04. The van der Waals surface area contributed by atoms with Crippen molar-refractivity contribution in [3.63, 3.8) is 0 Å². The zero-order chi connectivity index (χ0) is 15.8. The van der Waals surface area contributed by atoms with Gasteiger partial charge in [-0.3, -0.25) is 9.98 Å². The Bertz CT molecular complexity index is 645. The molecule has 114 valence electrons. The first-order valence-corrected chi connectivity index (χ1v) is 7.31. The Hall–Kier alpha value is -2.56. The van der Waals surface area contributed by atoms with Gasteiger partial charge in [-0.1, -0.05) is 18.2 Å². The van der Waals surface area contributed by atoms with Crippen molar-refractivity contribution < 1.29 is 0 Å². The summed E-state index contributed by atoms with van der Waals surface area (Å²) in [5.74, 6) is 0.593. The molecule has 0 aliphatic heterocycles. The Morgan fingerprint density at radius 3 is 2.77 bits per heavy atom. The molecule has 0 fully saturated rings. The molecule has 2 rings (SSSR count). The number of aromatic nitrogens is 3. The van der Waals surface area contributed by atoms with Crippen LogP contribution in [0.5, 0.6) is 0 Å². The number of pyridine rings is 1. The molecule has 0 saturated carbocycles. The Kier molecular flexibility index (Phi) is 5.77. The van der Waals surface area contributed by atoms with Crippen LogP contribution in [0.25, 0.3) is 11.4 Å². The zero-order valence-corrected chi connectivity index (χ0v) is 13.2. The molecular formula is C17H21N5. The standard InChI is InChI=1S/C17H21N5/c1-13(2)21-14(3)7-6-11-19-17-20-12-9-16(22-17)15-8-4-5-10-18-15/h4-10,12,14H,11H2,1-3H3,(H,19,20,22). The minimum absolute atomic E-state index is 0.188. The molecule has 0 saturated heterocycles. The third-order valence-electron chi connectivity index (χ3n) is 2.84. The first-order valence-electron chi connectivity index (χ1n) is 7.31. The molecule has 0 spiro atoms. The van der Waals surface area contributed by atoms with Crippen LogP contribution in [0.15, 0.2) is 53.8 Å². The predicted octanol–water partition coefficient (Wildman–Crippen LogP) is 3.38. The fourth-order valence-electron chi connectivity index (χ4n) is 1.97. The summed E-state index contributed by atoms with van der Waals surface area (Å²) in [6.07, 6.45) is 7.58. The maximum atomic E-state index is 4.46. The first-order chi connectivity index (χ1) is 10.6. The highest BCUT2D eigenvalue weighted by Gasteiger charge is 2.01. The van der Waals surface area contributed by atoms with E-state index in [0.29, 0.717) is 12.5 Å². The molecule has 1 unspecified atom stereocenters. The molecule has 1 N–H and O–H groups in total. The summed E-state index contributed by atoms with van der Waals surface area (Å²) in [5.41, 5.74) is 2.73. The summed E-state index contributed by atoms with van der Waals surface area (Å²) in [6.45, 7) is 6.72. The molecule has 2 heterocycles. The summed E-state index contributed by atoms with van der Waals surface area (Å²) in [5, 5.41) is 3.18. The van der Waals surface area contributed by atoms with Crippen molar-refractivity contribution in [3.05, 3.63) is 48.8 Å². The molecule has 0 aliphatic rings. The van der Waals surface area contributed by atoms with Gasteiger partial charge in [-0.2, -0.15) is 0 Å². The lowest BCUT2D eigenvalue weighted by atomic mass is 10.2. The average Bonchev–Trinajstić information content (AvgIpc) is 2.52. The summed E-state index contributed by atoms with van der Waals surface area (Å²) in [6, 6.07) is 7.80. The van der Waals surface area contributed by atoms with Crippen molar-refractivity contribution in [2.45, 2.75) is 26.8 Å². The van der Waals surface area contributed by atoms with Gasteiger partial charge < -0.3 is 5.32 Å². The lowest BCUT2D eigenvalue weighted by molar-refractivity contribution is 0.918. The van der Waals surface area contributed by atoms with Gasteiger partial charge in [0.05, 0.1) is 17.4 Å². The fourth-order valence-corrected chi connectivity index (χ4v) is 1.97. The predicted molar refractivity (Wildman–Crippen MR) is 91.1 cm³/mol. The quantitative estimate of drug-likeness (QED) is 0.655. The summed E-state index contributed by atoms with van der Waals surface area (Å²) < 4.78 is 0.